The molecule has 0 aliphatic carbocycles. The van der Waals surface area contributed by atoms with E-state index < -0.39 is 0 Å². The Morgan fingerprint density at radius 3 is 2.29 bits per heavy atom. The Balaban J connectivity index is 1.71. The fraction of sp³-hybridized carbons (Fsp3) is 0.118. The minimum Gasteiger partial charge on any atom is -0.457 e. The van der Waals surface area contributed by atoms with Crippen LogP contribution in [0.1, 0.15) is 22.7 Å². The molecule has 0 atom stereocenters. The van der Waals surface area contributed by atoms with E-state index in [0.717, 1.165) is 23.6 Å². The summed E-state index contributed by atoms with van der Waals surface area (Å²) in [5.74, 6) is 1.83. The van der Waals surface area contributed by atoms with Gasteiger partial charge in [-0.2, -0.15) is 5.10 Å². The molecule has 0 bridgehead atoms. The molecule has 104 valence electrons. The first-order valence-electron chi connectivity index (χ1n) is 6.98. The van der Waals surface area contributed by atoms with Crippen LogP contribution in [0.5, 0.6) is 11.5 Å². The highest BCUT2D eigenvalue weighted by Crippen LogP contribution is 2.42. The molecular weight excluding hydrogens is 262 g/mol. The summed E-state index contributed by atoms with van der Waals surface area (Å²) < 4.78 is 5.99. The lowest BCUT2D eigenvalue weighted by Gasteiger charge is -2.28. The number of rotatable bonds is 3. The molecule has 4 nitrogen and oxygen atoms in total. The van der Waals surface area contributed by atoms with Gasteiger partial charge in [-0.15, -0.1) is 0 Å². The number of benzene rings is 2. The second-order valence-corrected chi connectivity index (χ2v) is 5.10. The Labute approximate surface area is 122 Å². The summed E-state index contributed by atoms with van der Waals surface area (Å²) in [7, 11) is 0. The van der Waals surface area contributed by atoms with E-state index in [2.05, 4.69) is 27.6 Å². The van der Waals surface area contributed by atoms with E-state index >= 15 is 0 Å². The van der Waals surface area contributed by atoms with Gasteiger partial charge in [-0.25, -0.2) is 0 Å². The van der Waals surface area contributed by atoms with Crippen molar-refractivity contribution in [3.63, 3.8) is 0 Å². The quantitative estimate of drug-likeness (QED) is 0.771. The predicted octanol–water partition coefficient (Wildman–Crippen LogP) is 3.39. The first-order valence-corrected chi connectivity index (χ1v) is 6.98. The van der Waals surface area contributed by atoms with Gasteiger partial charge >= 0.3 is 0 Å². The van der Waals surface area contributed by atoms with Crippen LogP contribution in [-0.4, -0.2) is 10.2 Å². The molecule has 0 saturated heterocycles. The fourth-order valence-corrected chi connectivity index (χ4v) is 2.72. The number of aromatic amines is 1. The summed E-state index contributed by atoms with van der Waals surface area (Å²) in [6.07, 6.45) is 3.74. The summed E-state index contributed by atoms with van der Waals surface area (Å²) in [4.78, 5) is 0. The lowest BCUT2D eigenvalue weighted by Crippen LogP contribution is -2.25. The molecule has 1 aliphatic rings. The Hall–Kier alpha value is -2.59. The Morgan fingerprint density at radius 2 is 1.67 bits per heavy atom. The zero-order valence-electron chi connectivity index (χ0n) is 11.4. The smallest absolute Gasteiger partial charge is 0.132 e. The monoisotopic (exact) mass is 277 g/mol. The highest BCUT2D eigenvalue weighted by Gasteiger charge is 2.26. The lowest BCUT2D eigenvalue weighted by molar-refractivity contribution is 0.427. The molecule has 0 saturated carbocycles. The molecule has 1 aliphatic heterocycles. The van der Waals surface area contributed by atoms with E-state index in [1.165, 1.54) is 11.1 Å². The van der Waals surface area contributed by atoms with Gasteiger partial charge in [0.05, 0.1) is 12.2 Å². The lowest BCUT2D eigenvalue weighted by atomic mass is 9.94. The van der Waals surface area contributed by atoms with Gasteiger partial charge in [-0.1, -0.05) is 36.4 Å². The molecule has 0 amide bonds. The van der Waals surface area contributed by atoms with Crippen LogP contribution in [0.15, 0.2) is 60.9 Å². The topological polar surface area (TPSA) is 49.9 Å². The Morgan fingerprint density at radius 1 is 1.00 bits per heavy atom. The van der Waals surface area contributed by atoms with Gasteiger partial charge in [-0.3, -0.25) is 5.10 Å². The van der Waals surface area contributed by atoms with Gasteiger partial charge in [0.25, 0.3) is 0 Å². The second kappa shape index (κ2) is 5.07. The van der Waals surface area contributed by atoms with E-state index in [-0.39, 0.29) is 6.04 Å². The molecule has 4 heteroatoms. The number of nitrogens with zero attached hydrogens (tertiary/aromatic N) is 1. The third-order valence-electron chi connectivity index (χ3n) is 3.75. The summed E-state index contributed by atoms with van der Waals surface area (Å²) in [5.41, 5.74) is 3.47. The van der Waals surface area contributed by atoms with Crippen molar-refractivity contribution in [3.05, 3.63) is 77.6 Å². The highest BCUT2D eigenvalue weighted by molar-refractivity contribution is 5.52. The molecule has 0 spiro atoms. The largest absolute Gasteiger partial charge is 0.457 e. The number of fused-ring (bicyclic) bond motifs is 2. The van der Waals surface area contributed by atoms with Gasteiger partial charge in [-0.05, 0) is 12.1 Å². The van der Waals surface area contributed by atoms with Crippen molar-refractivity contribution in [2.45, 2.75) is 12.6 Å². The highest BCUT2D eigenvalue weighted by atomic mass is 16.5. The summed E-state index contributed by atoms with van der Waals surface area (Å²) >= 11 is 0. The van der Waals surface area contributed by atoms with E-state index in [1.807, 2.05) is 48.8 Å². The van der Waals surface area contributed by atoms with Gasteiger partial charge in [0.1, 0.15) is 11.5 Å². The van der Waals surface area contributed by atoms with E-state index in [4.69, 9.17) is 4.74 Å². The van der Waals surface area contributed by atoms with Gasteiger partial charge < -0.3 is 10.1 Å². The predicted molar refractivity (Wildman–Crippen MR) is 80.2 cm³/mol. The van der Waals surface area contributed by atoms with Crippen molar-refractivity contribution in [3.8, 4) is 11.5 Å². The number of hydrogen-bond donors (Lipinski definition) is 2. The molecule has 2 N–H and O–H groups in total. The fourth-order valence-electron chi connectivity index (χ4n) is 2.72. The molecule has 4 rings (SSSR count). The molecular formula is C17H15N3O. The zero-order valence-corrected chi connectivity index (χ0v) is 11.4. The maximum atomic E-state index is 5.99. The molecule has 0 fully saturated rings. The summed E-state index contributed by atoms with van der Waals surface area (Å²) in [5, 5.41) is 10.4. The maximum Gasteiger partial charge on any atom is 0.132 e. The normalized spacial score (nSPS) is 13.3. The van der Waals surface area contributed by atoms with E-state index in [0.29, 0.717) is 0 Å². The third-order valence-corrected chi connectivity index (χ3v) is 3.75. The van der Waals surface area contributed by atoms with Crippen molar-refractivity contribution in [1.82, 2.24) is 15.5 Å². The van der Waals surface area contributed by atoms with Gasteiger partial charge in [0, 0.05) is 29.4 Å². The van der Waals surface area contributed by atoms with Crippen LogP contribution in [0, 0.1) is 0 Å². The van der Waals surface area contributed by atoms with Crippen molar-refractivity contribution < 1.29 is 4.74 Å². The van der Waals surface area contributed by atoms with Crippen molar-refractivity contribution in [2.75, 3.05) is 0 Å². The number of H-pyrrole nitrogens is 1. The van der Waals surface area contributed by atoms with Crippen LogP contribution in [-0.2, 0) is 6.54 Å². The van der Waals surface area contributed by atoms with Crippen molar-refractivity contribution in [2.24, 2.45) is 0 Å². The first kappa shape index (κ1) is 12.2. The second-order valence-electron chi connectivity index (χ2n) is 5.10. The SMILES string of the molecule is c1ccc2c(c1)Oc1ccccc1C2NCc1cn[nH]c1. The van der Waals surface area contributed by atoms with Crippen LogP contribution in [0.3, 0.4) is 0 Å². The van der Waals surface area contributed by atoms with Crippen LogP contribution in [0.2, 0.25) is 0 Å². The summed E-state index contributed by atoms with van der Waals surface area (Å²) in [6.45, 7) is 0.754. The molecule has 1 aromatic heterocycles. The molecule has 2 heterocycles. The van der Waals surface area contributed by atoms with Crippen LogP contribution in [0.25, 0.3) is 0 Å². The third kappa shape index (κ3) is 2.19. The van der Waals surface area contributed by atoms with Crippen LogP contribution < -0.4 is 10.1 Å². The minimum absolute atomic E-state index is 0.126. The standard InChI is InChI=1S/C17H15N3O/c1-3-7-15-13(5-1)17(18-9-12-10-19-20-11-12)14-6-2-4-8-16(14)21-15/h1-8,10-11,17-18H,9H2,(H,19,20). The number of nitrogens with one attached hydrogen (secondary N) is 2. The molecule has 21 heavy (non-hydrogen) atoms. The van der Waals surface area contributed by atoms with Crippen molar-refractivity contribution in [1.29, 1.82) is 0 Å². The molecule has 2 aromatic carbocycles. The Bertz CT molecular complexity index is 707. The van der Waals surface area contributed by atoms with Gasteiger partial charge in [0.15, 0.2) is 0 Å². The average Bonchev–Trinajstić information content (AvgIpc) is 3.05. The van der Waals surface area contributed by atoms with Crippen LogP contribution >= 0.6 is 0 Å². The molecule has 3 aromatic rings. The number of hydrogen-bond acceptors (Lipinski definition) is 3. The molecule has 0 radical (unpaired) electrons. The summed E-state index contributed by atoms with van der Waals surface area (Å²) in [6, 6.07) is 16.5. The first-order chi connectivity index (χ1) is 10.4. The number of aromatic nitrogens is 2. The minimum atomic E-state index is 0.126. The van der Waals surface area contributed by atoms with Crippen LogP contribution in [0.4, 0.5) is 0 Å². The Kier molecular flexibility index (Phi) is 2.94. The van der Waals surface area contributed by atoms with Gasteiger partial charge in [0.2, 0.25) is 0 Å². The maximum absolute atomic E-state index is 5.99. The van der Waals surface area contributed by atoms with Crippen molar-refractivity contribution >= 4 is 0 Å². The average molecular weight is 277 g/mol. The number of para-hydroxylation sites is 2. The van der Waals surface area contributed by atoms with E-state index in [9.17, 15) is 0 Å². The van der Waals surface area contributed by atoms with E-state index in [1.54, 1.807) is 0 Å². The molecule has 0 unspecified atom stereocenters. The zero-order chi connectivity index (χ0) is 14.1. The number of ether oxygens (including phenoxy) is 1.